The summed E-state index contributed by atoms with van der Waals surface area (Å²) in [5.74, 6) is 0.469. The number of nitrogens with zero attached hydrogens (tertiary/aromatic N) is 5. The number of anilines is 1. The van der Waals surface area contributed by atoms with Crippen molar-refractivity contribution < 1.29 is 14.7 Å². The van der Waals surface area contributed by atoms with Crippen molar-refractivity contribution >= 4 is 28.7 Å². The molecule has 1 aliphatic rings. The maximum Gasteiger partial charge on any atom is 0.407 e. The Labute approximate surface area is 180 Å². The highest BCUT2D eigenvalue weighted by Gasteiger charge is 2.20. The smallest absolute Gasteiger partial charge is 0.407 e. The van der Waals surface area contributed by atoms with Crippen LogP contribution in [0.3, 0.4) is 0 Å². The Balaban J connectivity index is 1.47. The Bertz CT molecular complexity index is 831. The van der Waals surface area contributed by atoms with E-state index >= 15 is 0 Å². The number of amides is 2. The largest absolute Gasteiger partial charge is 0.465 e. The van der Waals surface area contributed by atoms with Gasteiger partial charge in [-0.05, 0) is 25.9 Å². The van der Waals surface area contributed by atoms with Crippen LogP contribution in [-0.4, -0.2) is 89.1 Å². The summed E-state index contributed by atoms with van der Waals surface area (Å²) in [5.41, 5.74) is 1.02. The van der Waals surface area contributed by atoms with Gasteiger partial charge in [0.05, 0.1) is 0 Å². The fraction of sp³-hybridized carbons (Fsp3) is 0.500. The zero-order chi connectivity index (χ0) is 21.3. The predicted octanol–water partition coefficient (Wildman–Crippen LogP) is 1.83. The van der Waals surface area contributed by atoms with Gasteiger partial charge in [0.1, 0.15) is 6.54 Å². The maximum atomic E-state index is 11.5. The van der Waals surface area contributed by atoms with Crippen LogP contribution in [-0.2, 0) is 4.79 Å². The van der Waals surface area contributed by atoms with E-state index < -0.39 is 6.09 Å². The zero-order valence-corrected chi connectivity index (χ0v) is 18.0. The lowest BCUT2D eigenvalue weighted by atomic mass is 10.2. The van der Waals surface area contributed by atoms with E-state index in [0.29, 0.717) is 13.0 Å². The minimum absolute atomic E-state index is 0.125. The van der Waals surface area contributed by atoms with Crippen molar-refractivity contribution in [2.24, 2.45) is 0 Å². The first-order valence-corrected chi connectivity index (χ1v) is 10.9. The summed E-state index contributed by atoms with van der Waals surface area (Å²) < 4.78 is 4.51. The van der Waals surface area contributed by atoms with Gasteiger partial charge in [-0.2, -0.15) is 9.36 Å². The third-order valence-electron chi connectivity index (χ3n) is 5.09. The second kappa shape index (κ2) is 10.9. The summed E-state index contributed by atoms with van der Waals surface area (Å²) in [6.07, 6.45) is 0.646. The monoisotopic (exact) mass is 432 g/mol. The van der Waals surface area contributed by atoms with E-state index in [1.807, 2.05) is 30.3 Å². The SMILES string of the molecule is CNC(=O)CN(CCCN1CCCN(c2nc(-c3ccccc3)ns2)CC1)C(=O)O. The Morgan fingerprint density at radius 3 is 2.73 bits per heavy atom. The number of carbonyl (C=O) groups is 2. The molecule has 0 unspecified atom stereocenters. The van der Waals surface area contributed by atoms with Crippen molar-refractivity contribution in [2.45, 2.75) is 12.8 Å². The first-order chi connectivity index (χ1) is 14.6. The molecule has 2 heterocycles. The fourth-order valence-electron chi connectivity index (χ4n) is 3.41. The van der Waals surface area contributed by atoms with Crippen molar-refractivity contribution in [3.63, 3.8) is 0 Å². The molecule has 2 amide bonds. The average molecular weight is 433 g/mol. The number of carbonyl (C=O) groups excluding carboxylic acids is 1. The number of hydrogen-bond acceptors (Lipinski definition) is 7. The quantitative estimate of drug-likeness (QED) is 0.656. The molecular weight excluding hydrogens is 404 g/mol. The van der Waals surface area contributed by atoms with E-state index in [4.69, 9.17) is 4.98 Å². The Morgan fingerprint density at radius 1 is 1.20 bits per heavy atom. The molecule has 1 fully saturated rings. The maximum absolute atomic E-state index is 11.5. The number of benzene rings is 1. The Hall–Kier alpha value is -2.72. The molecule has 0 atom stereocenters. The second-order valence-corrected chi connectivity index (χ2v) is 7.91. The highest BCUT2D eigenvalue weighted by molar-refractivity contribution is 7.09. The summed E-state index contributed by atoms with van der Waals surface area (Å²) in [5, 5.41) is 12.7. The summed E-state index contributed by atoms with van der Waals surface area (Å²) in [6, 6.07) is 9.98. The van der Waals surface area contributed by atoms with Crippen LogP contribution in [0.25, 0.3) is 11.4 Å². The molecule has 1 saturated heterocycles. The molecule has 30 heavy (non-hydrogen) atoms. The number of aromatic nitrogens is 2. The lowest BCUT2D eigenvalue weighted by molar-refractivity contribution is -0.121. The van der Waals surface area contributed by atoms with Crippen molar-refractivity contribution in [3.8, 4) is 11.4 Å². The molecule has 0 saturated carbocycles. The van der Waals surface area contributed by atoms with Crippen LogP contribution >= 0.6 is 11.5 Å². The molecule has 9 nitrogen and oxygen atoms in total. The summed E-state index contributed by atoms with van der Waals surface area (Å²) >= 11 is 1.43. The van der Waals surface area contributed by atoms with Crippen LogP contribution in [0.5, 0.6) is 0 Å². The van der Waals surface area contributed by atoms with Gasteiger partial charge in [0.2, 0.25) is 11.0 Å². The van der Waals surface area contributed by atoms with Gasteiger partial charge < -0.3 is 20.2 Å². The van der Waals surface area contributed by atoms with Crippen LogP contribution in [0.15, 0.2) is 30.3 Å². The Kier molecular flexibility index (Phi) is 7.97. The molecule has 1 aliphatic heterocycles. The molecule has 0 bridgehead atoms. The number of likely N-dealkylation sites (N-methyl/N-ethyl adjacent to an activating group) is 1. The number of nitrogens with one attached hydrogen (secondary N) is 1. The molecule has 0 radical (unpaired) electrons. The van der Waals surface area contributed by atoms with Crippen LogP contribution in [0, 0.1) is 0 Å². The fourth-order valence-corrected chi connectivity index (χ4v) is 4.15. The molecule has 2 aromatic rings. The zero-order valence-electron chi connectivity index (χ0n) is 17.2. The molecule has 2 N–H and O–H groups in total. The van der Waals surface area contributed by atoms with Crippen LogP contribution in [0.1, 0.15) is 12.8 Å². The van der Waals surface area contributed by atoms with Gasteiger partial charge in [0, 0.05) is 50.3 Å². The van der Waals surface area contributed by atoms with E-state index in [1.54, 1.807) is 0 Å². The number of rotatable bonds is 8. The van der Waals surface area contributed by atoms with Crippen LogP contribution < -0.4 is 10.2 Å². The molecule has 10 heteroatoms. The minimum Gasteiger partial charge on any atom is -0.465 e. The van der Waals surface area contributed by atoms with Crippen LogP contribution in [0.4, 0.5) is 9.93 Å². The van der Waals surface area contributed by atoms with Gasteiger partial charge in [0.15, 0.2) is 5.82 Å². The molecule has 162 valence electrons. The average Bonchev–Trinajstić information content (AvgIpc) is 3.13. The van der Waals surface area contributed by atoms with Gasteiger partial charge in [-0.3, -0.25) is 9.69 Å². The normalized spacial score (nSPS) is 14.9. The van der Waals surface area contributed by atoms with Crippen molar-refractivity contribution in [3.05, 3.63) is 30.3 Å². The third-order valence-corrected chi connectivity index (χ3v) is 5.87. The summed E-state index contributed by atoms with van der Waals surface area (Å²) in [6.45, 7) is 4.67. The molecule has 3 rings (SSSR count). The topological polar surface area (TPSA) is 102 Å². The van der Waals surface area contributed by atoms with E-state index in [0.717, 1.165) is 60.6 Å². The summed E-state index contributed by atoms with van der Waals surface area (Å²) in [7, 11) is 1.51. The van der Waals surface area contributed by atoms with E-state index in [2.05, 4.69) is 19.5 Å². The first kappa shape index (κ1) is 22.0. The van der Waals surface area contributed by atoms with Gasteiger partial charge >= 0.3 is 6.09 Å². The highest BCUT2D eigenvalue weighted by atomic mass is 32.1. The standard InChI is InChI=1S/C20H28N6O3S/c1-21-17(27)15-26(20(28)29)12-6-10-24-9-5-11-25(14-13-24)19-22-18(23-30-19)16-7-3-2-4-8-16/h2-4,7-8H,5-6,9-15H2,1H3,(H,21,27)(H,28,29). The number of carboxylic acid groups (broad SMARTS) is 1. The van der Waals surface area contributed by atoms with Gasteiger partial charge in [-0.15, -0.1) is 0 Å². The van der Waals surface area contributed by atoms with E-state index in [1.165, 1.54) is 18.6 Å². The predicted molar refractivity (Wildman–Crippen MR) is 117 cm³/mol. The molecule has 1 aromatic heterocycles. The third kappa shape index (κ3) is 6.14. The van der Waals surface area contributed by atoms with Crippen molar-refractivity contribution in [2.75, 3.05) is 57.8 Å². The molecule has 0 spiro atoms. The second-order valence-electron chi connectivity index (χ2n) is 7.18. The molecule has 0 aliphatic carbocycles. The lowest BCUT2D eigenvalue weighted by Gasteiger charge is -2.23. The number of hydrogen-bond donors (Lipinski definition) is 2. The highest BCUT2D eigenvalue weighted by Crippen LogP contribution is 2.24. The first-order valence-electron chi connectivity index (χ1n) is 10.1. The van der Waals surface area contributed by atoms with Crippen molar-refractivity contribution in [1.29, 1.82) is 0 Å². The van der Waals surface area contributed by atoms with Crippen LogP contribution in [0.2, 0.25) is 0 Å². The van der Waals surface area contributed by atoms with Gasteiger partial charge in [-0.25, -0.2) is 4.79 Å². The lowest BCUT2D eigenvalue weighted by Crippen LogP contribution is -2.40. The minimum atomic E-state index is -1.06. The van der Waals surface area contributed by atoms with E-state index in [-0.39, 0.29) is 12.5 Å². The summed E-state index contributed by atoms with van der Waals surface area (Å²) in [4.78, 5) is 33.3. The van der Waals surface area contributed by atoms with Gasteiger partial charge in [-0.1, -0.05) is 30.3 Å². The van der Waals surface area contributed by atoms with Crippen molar-refractivity contribution in [1.82, 2.24) is 24.5 Å². The molecular formula is C20H28N6O3S. The van der Waals surface area contributed by atoms with Gasteiger partial charge in [0.25, 0.3) is 0 Å². The Morgan fingerprint density at radius 2 is 2.00 bits per heavy atom. The molecule has 1 aromatic carbocycles. The van der Waals surface area contributed by atoms with E-state index in [9.17, 15) is 14.7 Å².